The first-order chi connectivity index (χ1) is 9.47. The predicted octanol–water partition coefficient (Wildman–Crippen LogP) is 2.06. The first kappa shape index (κ1) is 14.9. The Balaban J connectivity index is 2.00. The van der Waals surface area contributed by atoms with Gasteiger partial charge < -0.3 is 10.6 Å². The first-order valence-corrected chi connectivity index (χ1v) is 7.39. The van der Waals surface area contributed by atoms with Crippen LogP contribution in [0.5, 0.6) is 0 Å². The van der Waals surface area contributed by atoms with E-state index in [2.05, 4.69) is 35.8 Å². The Bertz CT molecular complexity index is 473. The molecule has 110 valence electrons. The Kier molecular flexibility index (Phi) is 4.65. The van der Waals surface area contributed by atoms with E-state index in [0.29, 0.717) is 0 Å². The summed E-state index contributed by atoms with van der Waals surface area (Å²) in [4.78, 5) is 4.96. The summed E-state index contributed by atoms with van der Waals surface area (Å²) in [5.41, 5.74) is 8.74. The molecule has 1 saturated heterocycles. The molecule has 0 spiro atoms. The average Bonchev–Trinajstić information content (AvgIpc) is 2.38. The van der Waals surface area contributed by atoms with Crippen LogP contribution < -0.4 is 10.6 Å². The quantitative estimate of drug-likeness (QED) is 0.652. The summed E-state index contributed by atoms with van der Waals surface area (Å²) in [5.74, 6) is 0.884. The minimum atomic E-state index is 0.149. The molecule has 0 bridgehead atoms. The van der Waals surface area contributed by atoms with Gasteiger partial charge >= 0.3 is 0 Å². The molecule has 1 aliphatic heterocycles. The maximum absolute atomic E-state index is 7.54. The molecule has 20 heavy (non-hydrogen) atoms. The summed E-state index contributed by atoms with van der Waals surface area (Å²) in [7, 11) is 0. The summed E-state index contributed by atoms with van der Waals surface area (Å²) in [6.07, 6.45) is 0. The van der Waals surface area contributed by atoms with Gasteiger partial charge in [-0.2, -0.15) is 0 Å². The SMILES string of the molecule is Cc1cc(N2CCN(CC(C)C)CC2)ccc1C(=N)N. The molecule has 0 aromatic heterocycles. The molecule has 3 N–H and O–H groups in total. The highest BCUT2D eigenvalue weighted by molar-refractivity contribution is 5.96. The molecule has 0 unspecified atom stereocenters. The van der Waals surface area contributed by atoms with Crippen molar-refractivity contribution in [2.45, 2.75) is 20.8 Å². The lowest BCUT2D eigenvalue weighted by molar-refractivity contribution is 0.231. The van der Waals surface area contributed by atoms with Crippen LogP contribution >= 0.6 is 0 Å². The van der Waals surface area contributed by atoms with Gasteiger partial charge in [-0.25, -0.2) is 0 Å². The van der Waals surface area contributed by atoms with Gasteiger partial charge in [0.15, 0.2) is 0 Å². The zero-order valence-electron chi connectivity index (χ0n) is 12.8. The number of piperazine rings is 1. The number of hydrogen-bond acceptors (Lipinski definition) is 3. The van der Waals surface area contributed by atoms with Gasteiger partial charge in [0, 0.05) is 44.0 Å². The number of anilines is 1. The second-order valence-electron chi connectivity index (χ2n) is 6.09. The van der Waals surface area contributed by atoms with Crippen LogP contribution in [0.2, 0.25) is 0 Å². The lowest BCUT2D eigenvalue weighted by atomic mass is 10.1. The maximum atomic E-state index is 7.54. The van der Waals surface area contributed by atoms with E-state index in [1.54, 1.807) is 0 Å². The summed E-state index contributed by atoms with van der Waals surface area (Å²) in [6.45, 7) is 12.2. The molecule has 1 fully saturated rings. The fraction of sp³-hybridized carbons (Fsp3) is 0.562. The lowest BCUT2D eigenvalue weighted by Gasteiger charge is -2.37. The van der Waals surface area contributed by atoms with Crippen molar-refractivity contribution in [3.8, 4) is 0 Å². The second kappa shape index (κ2) is 6.27. The predicted molar refractivity (Wildman–Crippen MR) is 85.7 cm³/mol. The van der Waals surface area contributed by atoms with Crippen molar-refractivity contribution >= 4 is 11.5 Å². The second-order valence-corrected chi connectivity index (χ2v) is 6.09. The Hall–Kier alpha value is -1.55. The Labute approximate surface area is 122 Å². The van der Waals surface area contributed by atoms with Gasteiger partial charge in [0.05, 0.1) is 0 Å². The number of nitrogens with two attached hydrogens (primary N) is 1. The van der Waals surface area contributed by atoms with E-state index in [-0.39, 0.29) is 5.84 Å². The third-order valence-electron chi connectivity index (χ3n) is 3.86. The monoisotopic (exact) mass is 274 g/mol. The van der Waals surface area contributed by atoms with Crippen molar-refractivity contribution < 1.29 is 0 Å². The van der Waals surface area contributed by atoms with Crippen LogP contribution in [0.25, 0.3) is 0 Å². The maximum Gasteiger partial charge on any atom is 0.123 e. The van der Waals surface area contributed by atoms with Gasteiger partial charge in [-0.3, -0.25) is 10.3 Å². The molecule has 1 aliphatic rings. The molecule has 2 rings (SSSR count). The number of amidine groups is 1. The minimum Gasteiger partial charge on any atom is -0.384 e. The van der Waals surface area contributed by atoms with E-state index in [9.17, 15) is 0 Å². The van der Waals surface area contributed by atoms with Gasteiger partial charge in [0.1, 0.15) is 5.84 Å². The number of rotatable bonds is 4. The highest BCUT2D eigenvalue weighted by Gasteiger charge is 2.18. The van der Waals surface area contributed by atoms with Crippen molar-refractivity contribution in [1.29, 1.82) is 5.41 Å². The molecule has 0 aliphatic carbocycles. The normalized spacial score (nSPS) is 16.7. The summed E-state index contributed by atoms with van der Waals surface area (Å²) < 4.78 is 0. The van der Waals surface area contributed by atoms with E-state index in [4.69, 9.17) is 11.1 Å². The average molecular weight is 274 g/mol. The number of hydrogen-bond donors (Lipinski definition) is 2. The van der Waals surface area contributed by atoms with Crippen LogP contribution in [0.15, 0.2) is 18.2 Å². The third kappa shape index (κ3) is 3.51. The van der Waals surface area contributed by atoms with Gasteiger partial charge in [0.2, 0.25) is 0 Å². The zero-order chi connectivity index (χ0) is 14.7. The molecular weight excluding hydrogens is 248 g/mol. The molecule has 4 heteroatoms. The van der Waals surface area contributed by atoms with E-state index < -0.39 is 0 Å². The Morgan fingerprint density at radius 2 is 1.90 bits per heavy atom. The number of nitrogens with zero attached hydrogens (tertiary/aromatic N) is 2. The molecule has 0 saturated carbocycles. The lowest BCUT2D eigenvalue weighted by Crippen LogP contribution is -2.47. The Morgan fingerprint density at radius 1 is 1.25 bits per heavy atom. The van der Waals surface area contributed by atoms with Gasteiger partial charge in [-0.1, -0.05) is 13.8 Å². The van der Waals surface area contributed by atoms with Gasteiger partial charge in [0.25, 0.3) is 0 Å². The zero-order valence-corrected chi connectivity index (χ0v) is 12.8. The highest BCUT2D eigenvalue weighted by atomic mass is 15.3. The van der Waals surface area contributed by atoms with Gasteiger partial charge in [-0.05, 0) is 36.6 Å². The molecule has 1 aromatic carbocycles. The van der Waals surface area contributed by atoms with Crippen molar-refractivity contribution in [1.82, 2.24) is 4.90 Å². The number of benzene rings is 1. The van der Waals surface area contributed by atoms with Gasteiger partial charge in [-0.15, -0.1) is 0 Å². The fourth-order valence-corrected chi connectivity index (χ4v) is 2.85. The standard InChI is InChI=1S/C16H26N4/c1-12(2)11-19-6-8-20(9-7-19)14-4-5-15(16(17)18)13(3)10-14/h4-5,10,12H,6-9,11H2,1-3H3,(H3,17,18). The molecule has 1 heterocycles. The largest absolute Gasteiger partial charge is 0.384 e. The van der Waals surface area contributed by atoms with E-state index >= 15 is 0 Å². The first-order valence-electron chi connectivity index (χ1n) is 7.39. The van der Waals surface area contributed by atoms with E-state index in [1.165, 1.54) is 12.2 Å². The smallest absolute Gasteiger partial charge is 0.123 e. The van der Waals surface area contributed by atoms with Crippen molar-refractivity contribution in [3.63, 3.8) is 0 Å². The van der Waals surface area contributed by atoms with Crippen LogP contribution in [0.1, 0.15) is 25.0 Å². The number of aryl methyl sites for hydroxylation is 1. The molecule has 0 amide bonds. The summed E-state index contributed by atoms with van der Waals surface area (Å²) in [6, 6.07) is 6.20. The summed E-state index contributed by atoms with van der Waals surface area (Å²) in [5, 5.41) is 7.54. The molecule has 0 radical (unpaired) electrons. The van der Waals surface area contributed by atoms with Crippen molar-refractivity contribution in [3.05, 3.63) is 29.3 Å². The number of nitrogen functional groups attached to an aromatic ring is 1. The number of nitrogens with one attached hydrogen (secondary N) is 1. The molecule has 4 nitrogen and oxygen atoms in total. The van der Waals surface area contributed by atoms with Crippen LogP contribution in [0, 0.1) is 18.3 Å². The van der Waals surface area contributed by atoms with Crippen molar-refractivity contribution in [2.24, 2.45) is 11.7 Å². The third-order valence-corrected chi connectivity index (χ3v) is 3.86. The van der Waals surface area contributed by atoms with Crippen LogP contribution in [-0.4, -0.2) is 43.5 Å². The minimum absolute atomic E-state index is 0.149. The fourth-order valence-electron chi connectivity index (χ4n) is 2.85. The molecular formula is C16H26N4. The van der Waals surface area contributed by atoms with E-state index in [0.717, 1.165) is 43.2 Å². The van der Waals surface area contributed by atoms with Crippen LogP contribution in [-0.2, 0) is 0 Å². The highest BCUT2D eigenvalue weighted by Crippen LogP contribution is 2.20. The van der Waals surface area contributed by atoms with Crippen LogP contribution in [0.4, 0.5) is 5.69 Å². The molecule has 0 atom stereocenters. The van der Waals surface area contributed by atoms with Crippen LogP contribution in [0.3, 0.4) is 0 Å². The van der Waals surface area contributed by atoms with Crippen molar-refractivity contribution in [2.75, 3.05) is 37.6 Å². The Morgan fingerprint density at radius 3 is 2.40 bits per heavy atom. The van der Waals surface area contributed by atoms with E-state index in [1.807, 2.05) is 13.0 Å². The molecule has 1 aromatic rings. The topological polar surface area (TPSA) is 56.4 Å². The summed E-state index contributed by atoms with van der Waals surface area (Å²) >= 11 is 0.